The Balaban J connectivity index is 3.39. The largest absolute Gasteiger partial charge is 0.496 e. The molecule has 0 heterocycles. The van der Waals surface area contributed by atoms with Gasteiger partial charge in [-0.3, -0.25) is 0 Å². The van der Waals surface area contributed by atoms with E-state index < -0.39 is 5.97 Å². The van der Waals surface area contributed by atoms with Crippen LogP contribution in [0.15, 0.2) is 12.1 Å². The van der Waals surface area contributed by atoms with E-state index in [0.717, 1.165) is 0 Å². The minimum Gasteiger partial charge on any atom is -0.496 e. The van der Waals surface area contributed by atoms with Crippen LogP contribution in [-0.2, 0) is 0 Å². The van der Waals surface area contributed by atoms with Gasteiger partial charge in [-0.1, -0.05) is 0 Å². The van der Waals surface area contributed by atoms with Crippen LogP contribution in [0.4, 0.5) is 0 Å². The monoisotopic (exact) mass is 212 g/mol. The van der Waals surface area contributed by atoms with Crippen molar-refractivity contribution in [2.75, 3.05) is 21.3 Å². The molecule has 82 valence electrons. The molecule has 0 aromatic heterocycles. The normalized spacial score (nSPS) is 9.53. The van der Waals surface area contributed by atoms with E-state index in [2.05, 4.69) is 0 Å². The molecule has 0 spiro atoms. The molecule has 5 heteroatoms. The molecule has 0 fully saturated rings. The fraction of sp³-hybridized carbons (Fsp3) is 0.300. The highest BCUT2D eigenvalue weighted by Crippen LogP contribution is 2.33. The Morgan fingerprint density at radius 2 is 1.53 bits per heavy atom. The zero-order valence-corrected chi connectivity index (χ0v) is 8.73. The number of benzene rings is 1. The van der Waals surface area contributed by atoms with E-state index >= 15 is 0 Å². The van der Waals surface area contributed by atoms with Crippen LogP contribution in [-0.4, -0.2) is 32.4 Å². The minimum atomic E-state index is -1.11. The number of hydrogen-bond donors (Lipinski definition) is 1. The molecular weight excluding hydrogens is 200 g/mol. The second-order valence-electron chi connectivity index (χ2n) is 2.71. The quantitative estimate of drug-likeness (QED) is 0.817. The Kier molecular flexibility index (Phi) is 3.38. The van der Waals surface area contributed by atoms with Crippen molar-refractivity contribution in [1.82, 2.24) is 0 Å². The van der Waals surface area contributed by atoms with Crippen molar-refractivity contribution in [3.63, 3.8) is 0 Å². The Labute approximate surface area is 87.2 Å². The summed E-state index contributed by atoms with van der Waals surface area (Å²) in [5.74, 6) is -0.211. The summed E-state index contributed by atoms with van der Waals surface area (Å²) in [6, 6.07) is 2.98. The highest BCUT2D eigenvalue weighted by Gasteiger charge is 2.19. The SMILES string of the molecule is COc1cc(OC)c(C(=O)O)c(OC)c1. The molecule has 0 unspecified atom stereocenters. The number of aromatic carboxylic acids is 1. The minimum absolute atomic E-state index is 0.0131. The van der Waals surface area contributed by atoms with Crippen LogP contribution in [0.3, 0.4) is 0 Å². The Morgan fingerprint density at radius 3 is 1.80 bits per heavy atom. The lowest BCUT2D eigenvalue weighted by Gasteiger charge is -2.11. The van der Waals surface area contributed by atoms with E-state index in [-0.39, 0.29) is 17.1 Å². The summed E-state index contributed by atoms with van der Waals surface area (Å²) in [7, 11) is 4.26. The molecule has 0 bridgehead atoms. The maximum Gasteiger partial charge on any atom is 0.343 e. The molecule has 0 aliphatic rings. The van der Waals surface area contributed by atoms with Crippen LogP contribution in [0.1, 0.15) is 10.4 Å². The molecule has 0 atom stereocenters. The predicted molar refractivity (Wildman–Crippen MR) is 53.1 cm³/mol. The Hall–Kier alpha value is -1.91. The number of carbonyl (C=O) groups is 1. The van der Waals surface area contributed by atoms with E-state index in [0.29, 0.717) is 5.75 Å². The number of ether oxygens (including phenoxy) is 3. The summed E-state index contributed by atoms with van der Waals surface area (Å²) in [5.41, 5.74) is -0.0131. The molecule has 1 aromatic carbocycles. The van der Waals surface area contributed by atoms with Gasteiger partial charge in [0.25, 0.3) is 0 Å². The summed E-state index contributed by atoms with van der Waals surface area (Å²) >= 11 is 0. The topological polar surface area (TPSA) is 65.0 Å². The van der Waals surface area contributed by atoms with Gasteiger partial charge in [0.15, 0.2) is 0 Å². The van der Waals surface area contributed by atoms with Gasteiger partial charge in [-0.2, -0.15) is 0 Å². The van der Waals surface area contributed by atoms with Crippen LogP contribution < -0.4 is 14.2 Å². The van der Waals surface area contributed by atoms with Crippen LogP contribution in [0.5, 0.6) is 17.2 Å². The van der Waals surface area contributed by atoms with Crippen molar-refractivity contribution in [1.29, 1.82) is 0 Å². The van der Waals surface area contributed by atoms with E-state index in [4.69, 9.17) is 19.3 Å². The lowest BCUT2D eigenvalue weighted by atomic mass is 10.1. The van der Waals surface area contributed by atoms with Gasteiger partial charge in [-0.15, -0.1) is 0 Å². The summed E-state index contributed by atoms with van der Waals surface area (Å²) in [4.78, 5) is 11.0. The van der Waals surface area contributed by atoms with Crippen molar-refractivity contribution >= 4 is 5.97 Å². The van der Waals surface area contributed by atoms with Gasteiger partial charge in [0.2, 0.25) is 0 Å². The molecular formula is C10H12O5. The van der Waals surface area contributed by atoms with Crippen LogP contribution in [0, 0.1) is 0 Å². The first-order chi connectivity index (χ1) is 7.13. The summed E-state index contributed by atoms with van der Waals surface area (Å²) in [5, 5.41) is 8.97. The Morgan fingerprint density at radius 1 is 1.07 bits per heavy atom. The molecule has 0 amide bonds. The second-order valence-corrected chi connectivity index (χ2v) is 2.71. The van der Waals surface area contributed by atoms with Crippen molar-refractivity contribution in [2.45, 2.75) is 0 Å². The van der Waals surface area contributed by atoms with E-state index in [9.17, 15) is 4.79 Å². The van der Waals surface area contributed by atoms with Gasteiger partial charge in [0, 0.05) is 12.1 Å². The first kappa shape index (κ1) is 11.2. The first-order valence-corrected chi connectivity index (χ1v) is 4.17. The smallest absolute Gasteiger partial charge is 0.343 e. The molecule has 0 aliphatic heterocycles. The zero-order valence-electron chi connectivity index (χ0n) is 8.73. The average molecular weight is 212 g/mol. The van der Waals surface area contributed by atoms with Crippen LogP contribution >= 0.6 is 0 Å². The molecule has 0 radical (unpaired) electrons. The Bertz CT molecular complexity index is 347. The second kappa shape index (κ2) is 4.54. The van der Waals surface area contributed by atoms with E-state index in [1.54, 1.807) is 0 Å². The third-order valence-corrected chi connectivity index (χ3v) is 1.93. The molecule has 0 saturated carbocycles. The lowest BCUT2D eigenvalue weighted by Crippen LogP contribution is -2.04. The van der Waals surface area contributed by atoms with Gasteiger partial charge in [-0.25, -0.2) is 4.79 Å². The number of rotatable bonds is 4. The highest BCUT2D eigenvalue weighted by molar-refractivity contribution is 5.94. The zero-order chi connectivity index (χ0) is 11.4. The van der Waals surface area contributed by atoms with Crippen molar-refractivity contribution in [2.24, 2.45) is 0 Å². The number of hydrogen-bond acceptors (Lipinski definition) is 4. The summed E-state index contributed by atoms with van der Waals surface area (Å²) in [6.45, 7) is 0. The van der Waals surface area contributed by atoms with E-state index in [1.165, 1.54) is 33.5 Å². The van der Waals surface area contributed by atoms with Crippen LogP contribution in [0.2, 0.25) is 0 Å². The molecule has 0 aliphatic carbocycles. The third kappa shape index (κ3) is 2.12. The third-order valence-electron chi connectivity index (χ3n) is 1.93. The molecule has 15 heavy (non-hydrogen) atoms. The maximum absolute atomic E-state index is 11.0. The number of carboxylic acids is 1. The van der Waals surface area contributed by atoms with Gasteiger partial charge in [0.05, 0.1) is 21.3 Å². The van der Waals surface area contributed by atoms with Gasteiger partial charge < -0.3 is 19.3 Å². The van der Waals surface area contributed by atoms with Crippen LogP contribution in [0.25, 0.3) is 0 Å². The van der Waals surface area contributed by atoms with Gasteiger partial charge >= 0.3 is 5.97 Å². The molecule has 1 aromatic rings. The molecule has 5 nitrogen and oxygen atoms in total. The van der Waals surface area contributed by atoms with Crippen molar-refractivity contribution in [3.05, 3.63) is 17.7 Å². The average Bonchev–Trinajstić information content (AvgIpc) is 2.26. The highest BCUT2D eigenvalue weighted by atomic mass is 16.5. The molecule has 1 N–H and O–H groups in total. The number of methoxy groups -OCH3 is 3. The molecule has 0 saturated heterocycles. The van der Waals surface area contributed by atoms with E-state index in [1.807, 2.05) is 0 Å². The predicted octanol–water partition coefficient (Wildman–Crippen LogP) is 1.41. The number of carboxylic acid groups (broad SMARTS) is 1. The van der Waals surface area contributed by atoms with Gasteiger partial charge in [0.1, 0.15) is 22.8 Å². The van der Waals surface area contributed by atoms with Gasteiger partial charge in [-0.05, 0) is 0 Å². The molecule has 1 rings (SSSR count). The fourth-order valence-electron chi connectivity index (χ4n) is 1.22. The lowest BCUT2D eigenvalue weighted by molar-refractivity contribution is 0.0689. The fourth-order valence-corrected chi connectivity index (χ4v) is 1.22. The first-order valence-electron chi connectivity index (χ1n) is 4.17. The summed E-state index contributed by atoms with van der Waals surface area (Å²) < 4.78 is 14.9. The van der Waals surface area contributed by atoms with Crippen molar-refractivity contribution < 1.29 is 24.1 Å². The standard InChI is InChI=1S/C10H12O5/c1-13-6-4-7(14-2)9(10(11)12)8(5-6)15-3/h4-5H,1-3H3,(H,11,12). The maximum atomic E-state index is 11.0. The summed E-state index contributed by atoms with van der Waals surface area (Å²) in [6.07, 6.45) is 0. The van der Waals surface area contributed by atoms with Crippen molar-refractivity contribution in [3.8, 4) is 17.2 Å².